The number of rotatable bonds is 2. The van der Waals surface area contributed by atoms with Crippen molar-refractivity contribution in [2.75, 3.05) is 5.32 Å². The highest BCUT2D eigenvalue weighted by atomic mass is 35.5. The molecule has 0 saturated heterocycles. The molecule has 1 heterocycles. The third-order valence-electron chi connectivity index (χ3n) is 2.65. The van der Waals surface area contributed by atoms with Gasteiger partial charge in [0.2, 0.25) is 0 Å². The molecule has 0 spiro atoms. The molecule has 0 aliphatic rings. The van der Waals surface area contributed by atoms with Gasteiger partial charge in [-0.3, -0.25) is 4.79 Å². The first-order valence-corrected chi connectivity index (χ1v) is 6.26. The number of hydrogen-bond donors (Lipinski definition) is 1. The van der Waals surface area contributed by atoms with Crippen LogP contribution in [-0.4, -0.2) is 10.9 Å². The lowest BCUT2D eigenvalue weighted by Gasteiger charge is -2.09. The highest BCUT2D eigenvalue weighted by Gasteiger charge is 2.29. The maximum absolute atomic E-state index is 12.4. The summed E-state index contributed by atoms with van der Waals surface area (Å²) in [4.78, 5) is 15.9. The van der Waals surface area contributed by atoms with E-state index in [4.69, 9.17) is 11.6 Å². The fourth-order valence-electron chi connectivity index (χ4n) is 1.70. The van der Waals surface area contributed by atoms with Crippen LogP contribution in [0.15, 0.2) is 36.4 Å². The fraction of sp³-hybridized carbons (Fsp3) is 0.143. The normalized spacial score (nSPS) is 11.3. The van der Waals surface area contributed by atoms with Crippen molar-refractivity contribution in [3.8, 4) is 0 Å². The molecule has 0 unspecified atom stereocenters. The number of nitrogens with zero attached hydrogens (tertiary/aromatic N) is 1. The number of alkyl halides is 3. The number of aryl methyl sites for hydroxylation is 1. The van der Waals surface area contributed by atoms with E-state index in [1.54, 1.807) is 6.92 Å². The van der Waals surface area contributed by atoms with Crippen molar-refractivity contribution in [1.82, 2.24) is 4.98 Å². The molecule has 3 nitrogen and oxygen atoms in total. The number of carbonyl (C=O) groups is 1. The molecule has 0 bridgehead atoms. The fourth-order valence-corrected chi connectivity index (χ4v) is 1.96. The van der Waals surface area contributed by atoms with Gasteiger partial charge in [-0.15, -0.1) is 0 Å². The Hall–Kier alpha value is -2.08. The molecule has 2 rings (SSSR count). The highest BCUT2D eigenvalue weighted by Crippen LogP contribution is 2.29. The van der Waals surface area contributed by atoms with Gasteiger partial charge in [0.15, 0.2) is 0 Å². The Morgan fingerprint density at radius 1 is 1.19 bits per heavy atom. The zero-order chi connectivity index (χ0) is 15.6. The van der Waals surface area contributed by atoms with Crippen LogP contribution in [0.2, 0.25) is 5.15 Å². The maximum Gasteiger partial charge on any atom is 0.416 e. The van der Waals surface area contributed by atoms with Crippen LogP contribution in [0.4, 0.5) is 18.9 Å². The lowest BCUT2D eigenvalue weighted by Crippen LogP contribution is -2.13. The van der Waals surface area contributed by atoms with Crippen molar-refractivity contribution >= 4 is 23.2 Å². The zero-order valence-electron chi connectivity index (χ0n) is 10.8. The molecule has 1 amide bonds. The molecule has 0 radical (unpaired) electrons. The summed E-state index contributed by atoms with van der Waals surface area (Å²) in [5.74, 6) is -0.470. The average Bonchev–Trinajstić information content (AvgIpc) is 2.37. The molecular formula is C14H10ClF3N2O. The first-order valence-electron chi connectivity index (χ1n) is 5.88. The van der Waals surface area contributed by atoms with Gasteiger partial charge < -0.3 is 5.32 Å². The van der Waals surface area contributed by atoms with Crippen LogP contribution < -0.4 is 5.32 Å². The number of benzene rings is 1. The van der Waals surface area contributed by atoms with Crippen LogP contribution in [0.25, 0.3) is 0 Å². The Labute approximate surface area is 123 Å². The van der Waals surface area contributed by atoms with Crippen LogP contribution in [-0.2, 0) is 6.18 Å². The third kappa shape index (κ3) is 3.95. The summed E-state index contributed by atoms with van der Waals surface area (Å²) in [6.45, 7) is 1.68. The van der Waals surface area contributed by atoms with Crippen LogP contribution >= 0.6 is 11.6 Å². The number of halogens is 4. The summed E-state index contributed by atoms with van der Waals surface area (Å²) in [6.07, 6.45) is -4.40. The summed E-state index contributed by atoms with van der Waals surface area (Å²) >= 11 is 5.75. The lowest BCUT2D eigenvalue weighted by molar-refractivity contribution is -0.137. The molecule has 0 aliphatic carbocycles. The molecule has 0 saturated carbocycles. The Kier molecular flexibility index (Phi) is 4.18. The van der Waals surface area contributed by atoms with Gasteiger partial charge >= 0.3 is 6.18 Å². The topological polar surface area (TPSA) is 42.0 Å². The third-order valence-corrected chi connectivity index (χ3v) is 2.85. The molecule has 21 heavy (non-hydrogen) atoms. The Balaban J connectivity index is 2.16. The average molecular weight is 315 g/mol. The molecule has 0 atom stereocenters. The summed E-state index contributed by atoms with van der Waals surface area (Å²) in [5.41, 5.74) is 0.342. The van der Waals surface area contributed by atoms with Crippen molar-refractivity contribution in [3.05, 3.63) is 58.4 Å². The summed E-state index contributed by atoms with van der Waals surface area (Å²) in [5, 5.41) is 2.67. The van der Waals surface area contributed by atoms with Gasteiger partial charge in [0.1, 0.15) is 5.15 Å². The predicted octanol–water partition coefficient (Wildman–Crippen LogP) is 4.31. The van der Waals surface area contributed by atoms with E-state index in [-0.39, 0.29) is 16.4 Å². The smallest absolute Gasteiger partial charge is 0.322 e. The van der Waals surface area contributed by atoms with Crippen LogP contribution in [0.5, 0.6) is 0 Å². The minimum Gasteiger partial charge on any atom is -0.322 e. The monoisotopic (exact) mass is 314 g/mol. The molecule has 1 aromatic heterocycles. The summed E-state index contributed by atoms with van der Waals surface area (Å²) in [6, 6.07) is 7.10. The number of nitrogens with one attached hydrogen (secondary N) is 1. The van der Waals surface area contributed by atoms with Gasteiger partial charge in [-0.05, 0) is 43.3 Å². The van der Waals surface area contributed by atoms with Crippen LogP contribution in [0.3, 0.4) is 0 Å². The van der Waals surface area contributed by atoms with E-state index < -0.39 is 17.6 Å². The standard InChI is InChI=1S/C14H10ClF3N2O/c1-8-6-9(7-12(15)19-8)13(21)20-11-4-2-10(3-5-11)14(16,17)18/h2-7H,1H3,(H,20,21). The number of carbonyl (C=O) groups excluding carboxylic acids is 1. The van der Waals surface area contributed by atoms with E-state index in [0.29, 0.717) is 5.69 Å². The van der Waals surface area contributed by atoms with E-state index in [1.807, 2.05) is 0 Å². The van der Waals surface area contributed by atoms with Gasteiger partial charge in [-0.25, -0.2) is 4.98 Å². The Bertz CT molecular complexity index is 649. The Morgan fingerprint density at radius 2 is 1.81 bits per heavy atom. The number of hydrogen-bond acceptors (Lipinski definition) is 2. The molecule has 0 aliphatic heterocycles. The SMILES string of the molecule is Cc1cc(C(=O)Nc2ccc(C(F)(F)F)cc2)cc(Cl)n1. The van der Waals surface area contributed by atoms with E-state index in [0.717, 1.165) is 12.1 Å². The van der Waals surface area contributed by atoms with Gasteiger partial charge in [0.25, 0.3) is 5.91 Å². The second kappa shape index (κ2) is 5.73. The highest BCUT2D eigenvalue weighted by molar-refractivity contribution is 6.29. The molecule has 110 valence electrons. The van der Waals surface area contributed by atoms with Gasteiger partial charge in [-0.2, -0.15) is 13.2 Å². The van der Waals surface area contributed by atoms with Gasteiger partial charge in [-0.1, -0.05) is 11.6 Å². The summed E-state index contributed by atoms with van der Waals surface area (Å²) in [7, 11) is 0. The molecule has 1 N–H and O–H groups in total. The molecular weight excluding hydrogens is 305 g/mol. The molecule has 7 heteroatoms. The van der Waals surface area contributed by atoms with E-state index in [1.165, 1.54) is 24.3 Å². The number of pyridine rings is 1. The molecule has 2 aromatic rings. The molecule has 0 fully saturated rings. The second-order valence-electron chi connectivity index (χ2n) is 4.35. The van der Waals surface area contributed by atoms with Gasteiger partial charge in [0, 0.05) is 16.9 Å². The van der Waals surface area contributed by atoms with Crippen LogP contribution in [0, 0.1) is 6.92 Å². The van der Waals surface area contributed by atoms with E-state index >= 15 is 0 Å². The van der Waals surface area contributed by atoms with Crippen molar-refractivity contribution in [1.29, 1.82) is 0 Å². The Morgan fingerprint density at radius 3 is 2.33 bits per heavy atom. The van der Waals surface area contributed by atoms with E-state index in [2.05, 4.69) is 10.3 Å². The summed E-state index contributed by atoms with van der Waals surface area (Å²) < 4.78 is 37.3. The predicted molar refractivity (Wildman–Crippen MR) is 73.4 cm³/mol. The first-order chi connectivity index (χ1) is 9.75. The van der Waals surface area contributed by atoms with Crippen molar-refractivity contribution in [3.63, 3.8) is 0 Å². The zero-order valence-corrected chi connectivity index (χ0v) is 11.6. The van der Waals surface area contributed by atoms with Gasteiger partial charge in [0.05, 0.1) is 5.56 Å². The number of anilines is 1. The number of aromatic nitrogens is 1. The van der Waals surface area contributed by atoms with Crippen molar-refractivity contribution in [2.24, 2.45) is 0 Å². The lowest BCUT2D eigenvalue weighted by atomic mass is 10.2. The quantitative estimate of drug-likeness (QED) is 0.839. The van der Waals surface area contributed by atoms with Crippen molar-refractivity contribution in [2.45, 2.75) is 13.1 Å². The van der Waals surface area contributed by atoms with Crippen molar-refractivity contribution < 1.29 is 18.0 Å². The minimum absolute atomic E-state index is 0.174. The largest absolute Gasteiger partial charge is 0.416 e. The maximum atomic E-state index is 12.4. The van der Waals surface area contributed by atoms with Crippen LogP contribution in [0.1, 0.15) is 21.6 Å². The van der Waals surface area contributed by atoms with E-state index in [9.17, 15) is 18.0 Å². The number of amides is 1. The molecule has 1 aromatic carbocycles. The minimum atomic E-state index is -4.40. The first kappa shape index (κ1) is 15.3. The second-order valence-corrected chi connectivity index (χ2v) is 4.74.